The summed E-state index contributed by atoms with van der Waals surface area (Å²) in [6.45, 7) is -0.201. The van der Waals surface area contributed by atoms with E-state index in [0.29, 0.717) is 10.6 Å². The molecule has 136 valence electrons. The number of nitrogens with two attached hydrogens (primary N) is 1. The highest BCUT2D eigenvalue weighted by atomic mass is 35.5. The van der Waals surface area contributed by atoms with Gasteiger partial charge in [-0.1, -0.05) is 23.7 Å². The van der Waals surface area contributed by atoms with Crippen molar-refractivity contribution in [2.75, 3.05) is 19.5 Å². The quantitative estimate of drug-likeness (QED) is 0.591. The van der Waals surface area contributed by atoms with Crippen LogP contribution in [0.15, 0.2) is 42.5 Å². The summed E-state index contributed by atoms with van der Waals surface area (Å²) < 4.78 is 9.53. The van der Waals surface area contributed by atoms with Crippen LogP contribution in [0.4, 0.5) is 5.69 Å². The van der Waals surface area contributed by atoms with Gasteiger partial charge in [0.15, 0.2) is 6.61 Å². The van der Waals surface area contributed by atoms with Crippen molar-refractivity contribution < 1.29 is 23.9 Å². The Kier molecular flexibility index (Phi) is 6.57. The predicted molar refractivity (Wildman–Crippen MR) is 95.8 cm³/mol. The molecule has 0 saturated heterocycles. The van der Waals surface area contributed by atoms with Gasteiger partial charge < -0.3 is 20.5 Å². The number of nitrogens with one attached hydrogen (secondary N) is 1. The van der Waals surface area contributed by atoms with Gasteiger partial charge in [-0.15, -0.1) is 0 Å². The molecule has 0 fully saturated rings. The first-order valence-corrected chi connectivity index (χ1v) is 7.94. The van der Waals surface area contributed by atoms with E-state index in [0.717, 1.165) is 5.56 Å². The Balaban J connectivity index is 1.80. The summed E-state index contributed by atoms with van der Waals surface area (Å²) in [7, 11) is 1.30. The van der Waals surface area contributed by atoms with Gasteiger partial charge in [-0.3, -0.25) is 4.79 Å². The lowest BCUT2D eigenvalue weighted by atomic mass is 10.1. The smallest absolute Gasteiger partial charge is 0.338 e. The normalized spacial score (nSPS) is 10.1. The van der Waals surface area contributed by atoms with Crippen LogP contribution in [-0.2, 0) is 20.8 Å². The van der Waals surface area contributed by atoms with Gasteiger partial charge in [0, 0.05) is 6.54 Å². The molecule has 0 atom stereocenters. The largest absolute Gasteiger partial charge is 0.465 e. The molecule has 3 N–H and O–H groups in total. The van der Waals surface area contributed by atoms with Gasteiger partial charge in [-0.2, -0.15) is 0 Å². The zero-order chi connectivity index (χ0) is 19.1. The van der Waals surface area contributed by atoms with Crippen LogP contribution in [0.25, 0.3) is 0 Å². The monoisotopic (exact) mass is 376 g/mol. The van der Waals surface area contributed by atoms with Gasteiger partial charge in [0.1, 0.15) is 0 Å². The zero-order valence-corrected chi connectivity index (χ0v) is 14.7. The minimum absolute atomic E-state index is 0.207. The molecule has 1 amide bonds. The Hall–Kier alpha value is -3.06. The molecule has 0 saturated carbocycles. The van der Waals surface area contributed by atoms with Crippen LogP contribution in [-0.4, -0.2) is 31.6 Å². The third-order valence-corrected chi connectivity index (χ3v) is 3.77. The summed E-state index contributed by atoms with van der Waals surface area (Å²) in [6, 6.07) is 10.9. The number of carbonyl (C=O) groups excluding carboxylic acids is 3. The highest BCUT2D eigenvalue weighted by molar-refractivity contribution is 6.33. The van der Waals surface area contributed by atoms with Crippen molar-refractivity contribution in [2.45, 2.75) is 6.54 Å². The second kappa shape index (κ2) is 8.87. The van der Waals surface area contributed by atoms with Crippen molar-refractivity contribution in [1.29, 1.82) is 0 Å². The van der Waals surface area contributed by atoms with Crippen molar-refractivity contribution in [3.05, 3.63) is 64.2 Å². The van der Waals surface area contributed by atoms with E-state index in [4.69, 9.17) is 22.1 Å². The summed E-state index contributed by atoms with van der Waals surface area (Å²) in [5.41, 5.74) is 7.27. The van der Waals surface area contributed by atoms with Gasteiger partial charge in [0.2, 0.25) is 0 Å². The molecule has 2 aromatic carbocycles. The van der Waals surface area contributed by atoms with Crippen LogP contribution in [0.2, 0.25) is 5.02 Å². The van der Waals surface area contributed by atoms with E-state index < -0.39 is 24.5 Å². The number of hydrogen-bond acceptors (Lipinski definition) is 6. The van der Waals surface area contributed by atoms with E-state index in [1.807, 2.05) is 0 Å². The van der Waals surface area contributed by atoms with E-state index >= 15 is 0 Å². The molecule has 0 unspecified atom stereocenters. The molecule has 0 aromatic heterocycles. The third-order valence-electron chi connectivity index (χ3n) is 3.43. The fraction of sp³-hybridized carbons (Fsp3) is 0.167. The fourth-order valence-corrected chi connectivity index (χ4v) is 2.13. The number of halogens is 1. The SMILES string of the molecule is COC(=O)c1ccc(CNC(=O)COC(=O)c2ccc(Cl)c(N)c2)cc1. The lowest BCUT2D eigenvalue weighted by Gasteiger charge is -2.08. The van der Waals surface area contributed by atoms with Gasteiger partial charge in [0.25, 0.3) is 5.91 Å². The van der Waals surface area contributed by atoms with Crippen LogP contribution in [0.5, 0.6) is 0 Å². The minimum Gasteiger partial charge on any atom is -0.465 e. The first kappa shape index (κ1) is 19.3. The molecule has 0 aliphatic heterocycles. The molecule has 8 heteroatoms. The maximum Gasteiger partial charge on any atom is 0.338 e. The fourth-order valence-electron chi connectivity index (χ4n) is 2.01. The summed E-state index contributed by atoms with van der Waals surface area (Å²) in [5.74, 6) is -1.57. The van der Waals surface area contributed by atoms with E-state index in [9.17, 15) is 14.4 Å². The van der Waals surface area contributed by atoms with Crippen molar-refractivity contribution in [2.24, 2.45) is 0 Å². The van der Waals surface area contributed by atoms with Crippen molar-refractivity contribution >= 4 is 35.1 Å². The van der Waals surface area contributed by atoms with Crippen molar-refractivity contribution in [3.8, 4) is 0 Å². The predicted octanol–water partition coefficient (Wildman–Crippen LogP) is 2.18. The lowest BCUT2D eigenvalue weighted by Crippen LogP contribution is -2.28. The molecule has 0 aliphatic carbocycles. The number of amides is 1. The van der Waals surface area contributed by atoms with Crippen molar-refractivity contribution in [1.82, 2.24) is 5.32 Å². The average Bonchev–Trinajstić information content (AvgIpc) is 2.66. The summed E-state index contributed by atoms with van der Waals surface area (Å²) in [5, 5.41) is 2.94. The summed E-state index contributed by atoms with van der Waals surface area (Å²) in [6.07, 6.45) is 0. The maximum absolute atomic E-state index is 11.9. The molecule has 0 aliphatic rings. The number of ether oxygens (including phenoxy) is 2. The molecule has 0 bridgehead atoms. The molecule has 2 rings (SSSR count). The number of nitrogen functional groups attached to an aromatic ring is 1. The second-order valence-electron chi connectivity index (χ2n) is 5.28. The van der Waals surface area contributed by atoms with Crippen LogP contribution in [0.3, 0.4) is 0 Å². The van der Waals surface area contributed by atoms with E-state index in [1.54, 1.807) is 24.3 Å². The van der Waals surface area contributed by atoms with Crippen LogP contribution < -0.4 is 11.1 Å². The Morgan fingerprint density at radius 2 is 1.69 bits per heavy atom. The topological polar surface area (TPSA) is 108 Å². The first-order chi connectivity index (χ1) is 12.4. The lowest BCUT2D eigenvalue weighted by molar-refractivity contribution is -0.124. The number of carbonyl (C=O) groups is 3. The number of rotatable bonds is 6. The van der Waals surface area contributed by atoms with Crippen LogP contribution in [0.1, 0.15) is 26.3 Å². The molecule has 7 nitrogen and oxygen atoms in total. The van der Waals surface area contributed by atoms with Crippen molar-refractivity contribution in [3.63, 3.8) is 0 Å². The summed E-state index contributed by atoms with van der Waals surface area (Å²) >= 11 is 5.78. The Bertz CT molecular complexity index is 821. The van der Waals surface area contributed by atoms with Crippen LogP contribution >= 0.6 is 11.6 Å². The van der Waals surface area contributed by atoms with Gasteiger partial charge in [-0.05, 0) is 35.9 Å². The molecule has 0 heterocycles. The van der Waals surface area contributed by atoms with E-state index in [2.05, 4.69) is 10.1 Å². The van der Waals surface area contributed by atoms with Crippen LogP contribution in [0, 0.1) is 0 Å². The van der Waals surface area contributed by atoms with E-state index in [1.165, 1.54) is 25.3 Å². The molecule has 0 spiro atoms. The molecular formula is C18H17ClN2O5. The van der Waals surface area contributed by atoms with Gasteiger partial charge >= 0.3 is 11.9 Å². The number of benzene rings is 2. The molecule has 26 heavy (non-hydrogen) atoms. The number of esters is 2. The molecule has 2 aromatic rings. The second-order valence-corrected chi connectivity index (χ2v) is 5.68. The minimum atomic E-state index is -0.675. The molecular weight excluding hydrogens is 360 g/mol. The summed E-state index contributed by atoms with van der Waals surface area (Å²) in [4.78, 5) is 35.0. The molecule has 0 radical (unpaired) electrons. The number of methoxy groups -OCH3 is 1. The Morgan fingerprint density at radius 1 is 1.04 bits per heavy atom. The average molecular weight is 377 g/mol. The number of anilines is 1. The standard InChI is InChI=1S/C18H17ClN2O5/c1-25-17(23)12-4-2-11(3-5-12)9-21-16(22)10-26-18(24)13-6-7-14(19)15(20)8-13/h2-8H,9-10,20H2,1H3,(H,21,22). The number of hydrogen-bond donors (Lipinski definition) is 2. The highest BCUT2D eigenvalue weighted by Crippen LogP contribution is 2.19. The zero-order valence-electron chi connectivity index (χ0n) is 14.0. The highest BCUT2D eigenvalue weighted by Gasteiger charge is 2.12. The third kappa shape index (κ3) is 5.22. The van der Waals surface area contributed by atoms with E-state index in [-0.39, 0.29) is 17.8 Å². The van der Waals surface area contributed by atoms with Gasteiger partial charge in [-0.25, -0.2) is 9.59 Å². The maximum atomic E-state index is 11.9. The van der Waals surface area contributed by atoms with Gasteiger partial charge in [0.05, 0.1) is 28.9 Å². The Morgan fingerprint density at radius 3 is 2.31 bits per heavy atom. The Labute approximate surface area is 155 Å². The first-order valence-electron chi connectivity index (χ1n) is 7.57.